The number of carbonyl (C=O) groups is 1. The summed E-state index contributed by atoms with van der Waals surface area (Å²) in [6.45, 7) is 5.61. The number of piperazine rings is 1. The molecule has 1 amide bonds. The normalized spacial score (nSPS) is 23.5. The molecule has 0 saturated carbocycles. The highest BCUT2D eigenvalue weighted by Crippen LogP contribution is 2.11. The number of amides is 1. The maximum absolute atomic E-state index is 12.3. The molecular formula is C14H17N3O. The lowest BCUT2D eigenvalue weighted by atomic mass is 10.1. The summed E-state index contributed by atoms with van der Waals surface area (Å²) in [6, 6.07) is 9.49. The number of benzene rings is 1. The molecule has 1 aliphatic rings. The Kier molecular flexibility index (Phi) is 3.63. The van der Waals surface area contributed by atoms with Gasteiger partial charge in [0.2, 0.25) is 0 Å². The third-order valence-corrected chi connectivity index (χ3v) is 3.11. The van der Waals surface area contributed by atoms with Crippen molar-refractivity contribution in [2.75, 3.05) is 13.1 Å². The first-order valence-electron chi connectivity index (χ1n) is 6.15. The second-order valence-electron chi connectivity index (χ2n) is 4.87. The number of nitrogens with zero attached hydrogens (tertiary/aromatic N) is 2. The first-order valence-corrected chi connectivity index (χ1v) is 6.15. The zero-order valence-corrected chi connectivity index (χ0v) is 10.7. The predicted octanol–water partition coefficient (Wildman–Crippen LogP) is 1.38. The zero-order chi connectivity index (χ0) is 13.1. The fourth-order valence-electron chi connectivity index (χ4n) is 2.36. The highest BCUT2D eigenvalue weighted by atomic mass is 16.2. The molecule has 4 heteroatoms. The highest BCUT2D eigenvalue weighted by molar-refractivity contribution is 5.94. The van der Waals surface area contributed by atoms with Crippen LogP contribution in [0, 0.1) is 11.3 Å². The SMILES string of the molecule is CC1CN(C(=O)c2ccc(C#N)cc2)CC(C)N1. The minimum Gasteiger partial charge on any atom is -0.336 e. The van der Waals surface area contributed by atoms with E-state index < -0.39 is 0 Å². The quantitative estimate of drug-likeness (QED) is 0.810. The van der Waals surface area contributed by atoms with Gasteiger partial charge in [0.1, 0.15) is 0 Å². The van der Waals surface area contributed by atoms with Crippen molar-refractivity contribution < 1.29 is 4.79 Å². The fraction of sp³-hybridized carbons (Fsp3) is 0.429. The van der Waals surface area contributed by atoms with Crippen molar-refractivity contribution in [1.29, 1.82) is 5.26 Å². The molecule has 0 spiro atoms. The van der Waals surface area contributed by atoms with E-state index in [0.29, 0.717) is 23.2 Å². The predicted molar refractivity (Wildman–Crippen MR) is 69.1 cm³/mol. The Labute approximate surface area is 107 Å². The number of carbonyl (C=O) groups excluding carboxylic acids is 1. The van der Waals surface area contributed by atoms with E-state index in [1.54, 1.807) is 24.3 Å². The molecule has 2 unspecified atom stereocenters. The number of rotatable bonds is 1. The maximum Gasteiger partial charge on any atom is 0.253 e. The highest BCUT2D eigenvalue weighted by Gasteiger charge is 2.25. The summed E-state index contributed by atoms with van der Waals surface area (Å²) in [5, 5.41) is 12.1. The molecule has 2 rings (SSSR count). The van der Waals surface area contributed by atoms with Crippen LogP contribution < -0.4 is 5.32 Å². The summed E-state index contributed by atoms with van der Waals surface area (Å²) >= 11 is 0. The summed E-state index contributed by atoms with van der Waals surface area (Å²) < 4.78 is 0. The van der Waals surface area contributed by atoms with E-state index in [4.69, 9.17) is 5.26 Å². The van der Waals surface area contributed by atoms with Gasteiger partial charge >= 0.3 is 0 Å². The smallest absolute Gasteiger partial charge is 0.253 e. The van der Waals surface area contributed by atoms with Crippen LogP contribution >= 0.6 is 0 Å². The fourth-order valence-corrected chi connectivity index (χ4v) is 2.36. The number of nitriles is 1. The van der Waals surface area contributed by atoms with Crippen LogP contribution in [0.4, 0.5) is 0 Å². The van der Waals surface area contributed by atoms with Gasteiger partial charge in [0.25, 0.3) is 5.91 Å². The van der Waals surface area contributed by atoms with Crippen molar-refractivity contribution in [2.24, 2.45) is 0 Å². The molecule has 0 bridgehead atoms. The topological polar surface area (TPSA) is 56.1 Å². The van der Waals surface area contributed by atoms with Gasteiger partial charge in [-0.2, -0.15) is 5.26 Å². The van der Waals surface area contributed by atoms with Crippen molar-refractivity contribution in [3.05, 3.63) is 35.4 Å². The van der Waals surface area contributed by atoms with Crippen molar-refractivity contribution in [3.63, 3.8) is 0 Å². The molecule has 1 N–H and O–H groups in total. The zero-order valence-electron chi connectivity index (χ0n) is 10.7. The van der Waals surface area contributed by atoms with Crippen molar-refractivity contribution >= 4 is 5.91 Å². The van der Waals surface area contributed by atoms with Gasteiger partial charge in [-0.1, -0.05) is 0 Å². The summed E-state index contributed by atoms with van der Waals surface area (Å²) in [5.41, 5.74) is 1.23. The summed E-state index contributed by atoms with van der Waals surface area (Å²) in [4.78, 5) is 14.2. The second kappa shape index (κ2) is 5.19. The Balaban J connectivity index is 2.12. The average Bonchev–Trinajstić information content (AvgIpc) is 2.37. The standard InChI is InChI=1S/C14H17N3O/c1-10-8-17(9-11(2)16-10)14(18)13-5-3-12(7-15)4-6-13/h3-6,10-11,16H,8-9H2,1-2H3. The van der Waals surface area contributed by atoms with E-state index >= 15 is 0 Å². The molecular weight excluding hydrogens is 226 g/mol. The van der Waals surface area contributed by atoms with Crippen LogP contribution in [0.25, 0.3) is 0 Å². The van der Waals surface area contributed by atoms with Gasteiger partial charge in [0, 0.05) is 30.7 Å². The molecule has 1 aliphatic heterocycles. The van der Waals surface area contributed by atoms with Crippen molar-refractivity contribution in [3.8, 4) is 6.07 Å². The minimum atomic E-state index is 0.0414. The molecule has 94 valence electrons. The van der Waals surface area contributed by atoms with Crippen LogP contribution in [0.15, 0.2) is 24.3 Å². The Hall–Kier alpha value is -1.86. The third kappa shape index (κ3) is 2.69. The number of hydrogen-bond donors (Lipinski definition) is 1. The summed E-state index contributed by atoms with van der Waals surface area (Å²) in [7, 11) is 0. The van der Waals surface area contributed by atoms with Crippen molar-refractivity contribution in [1.82, 2.24) is 10.2 Å². The molecule has 1 fully saturated rings. The molecule has 0 radical (unpaired) electrons. The van der Waals surface area contributed by atoms with Crippen LogP contribution in [-0.4, -0.2) is 36.0 Å². The Morgan fingerprint density at radius 3 is 2.33 bits per heavy atom. The van der Waals surface area contributed by atoms with Crippen LogP contribution in [0.2, 0.25) is 0 Å². The van der Waals surface area contributed by atoms with Crippen LogP contribution in [0.5, 0.6) is 0 Å². The first kappa shape index (κ1) is 12.6. The van der Waals surface area contributed by atoms with E-state index in [-0.39, 0.29) is 5.91 Å². The number of nitrogens with one attached hydrogen (secondary N) is 1. The molecule has 0 aromatic heterocycles. The second-order valence-corrected chi connectivity index (χ2v) is 4.87. The summed E-state index contributed by atoms with van der Waals surface area (Å²) in [6.07, 6.45) is 0. The van der Waals surface area contributed by atoms with Crippen molar-refractivity contribution in [2.45, 2.75) is 25.9 Å². The summed E-state index contributed by atoms with van der Waals surface area (Å²) in [5.74, 6) is 0.0414. The van der Waals surface area contributed by atoms with Crippen LogP contribution in [0.1, 0.15) is 29.8 Å². The van der Waals surface area contributed by atoms with E-state index in [1.165, 1.54) is 0 Å². The number of hydrogen-bond acceptors (Lipinski definition) is 3. The van der Waals surface area contributed by atoms with Gasteiger partial charge in [-0.3, -0.25) is 4.79 Å². The molecule has 0 aliphatic carbocycles. The molecule has 1 aromatic carbocycles. The van der Waals surface area contributed by atoms with Crippen LogP contribution in [0.3, 0.4) is 0 Å². The lowest BCUT2D eigenvalue weighted by molar-refractivity contribution is 0.0674. The largest absolute Gasteiger partial charge is 0.336 e. The van der Waals surface area contributed by atoms with E-state index in [2.05, 4.69) is 25.2 Å². The van der Waals surface area contributed by atoms with Gasteiger partial charge < -0.3 is 10.2 Å². The lowest BCUT2D eigenvalue weighted by Crippen LogP contribution is -2.55. The third-order valence-electron chi connectivity index (χ3n) is 3.11. The molecule has 1 saturated heterocycles. The van der Waals surface area contributed by atoms with E-state index in [0.717, 1.165) is 13.1 Å². The molecule has 4 nitrogen and oxygen atoms in total. The van der Waals surface area contributed by atoms with Gasteiger partial charge in [0.15, 0.2) is 0 Å². The Morgan fingerprint density at radius 1 is 1.28 bits per heavy atom. The molecule has 18 heavy (non-hydrogen) atoms. The molecule has 1 aromatic rings. The van der Waals surface area contributed by atoms with Gasteiger partial charge in [0.05, 0.1) is 11.6 Å². The first-order chi connectivity index (χ1) is 8.60. The van der Waals surface area contributed by atoms with E-state index in [1.807, 2.05) is 4.90 Å². The monoisotopic (exact) mass is 243 g/mol. The Morgan fingerprint density at radius 2 is 1.83 bits per heavy atom. The van der Waals surface area contributed by atoms with Gasteiger partial charge in [-0.25, -0.2) is 0 Å². The van der Waals surface area contributed by atoms with E-state index in [9.17, 15) is 4.79 Å². The van der Waals surface area contributed by atoms with Gasteiger partial charge in [-0.15, -0.1) is 0 Å². The molecule has 2 atom stereocenters. The maximum atomic E-state index is 12.3. The lowest BCUT2D eigenvalue weighted by Gasteiger charge is -2.36. The average molecular weight is 243 g/mol. The van der Waals surface area contributed by atoms with Crippen LogP contribution in [-0.2, 0) is 0 Å². The van der Waals surface area contributed by atoms with Gasteiger partial charge in [-0.05, 0) is 38.1 Å². The minimum absolute atomic E-state index is 0.0414. The molecule has 1 heterocycles. The Bertz CT molecular complexity index is 465.